The van der Waals surface area contributed by atoms with Crippen molar-refractivity contribution in [1.29, 1.82) is 10.5 Å². The van der Waals surface area contributed by atoms with Gasteiger partial charge in [-0.3, -0.25) is 0 Å². The summed E-state index contributed by atoms with van der Waals surface area (Å²) < 4.78 is 0. The van der Waals surface area contributed by atoms with Crippen LogP contribution in [0.25, 0.3) is 11.4 Å². The number of imidazole rings is 1. The van der Waals surface area contributed by atoms with Crippen LogP contribution in [0.4, 0.5) is 0 Å². The van der Waals surface area contributed by atoms with Gasteiger partial charge in [0.25, 0.3) is 0 Å². The van der Waals surface area contributed by atoms with Crippen molar-refractivity contribution in [2.24, 2.45) is 0 Å². The van der Waals surface area contributed by atoms with Crippen LogP contribution < -0.4 is 0 Å². The Balaban J connectivity index is 2.44. The number of carbonyl (C=O) groups is 1. The summed E-state index contributed by atoms with van der Waals surface area (Å²) in [5, 5.41) is 26.3. The lowest BCUT2D eigenvalue weighted by molar-refractivity contribution is 0.0697. The molecule has 1 aromatic carbocycles. The zero-order chi connectivity index (χ0) is 13.1. The molecule has 0 unspecified atom stereocenters. The fourth-order valence-corrected chi connectivity index (χ4v) is 1.44. The van der Waals surface area contributed by atoms with Gasteiger partial charge < -0.3 is 10.1 Å². The van der Waals surface area contributed by atoms with Gasteiger partial charge >= 0.3 is 5.97 Å². The maximum absolute atomic E-state index is 10.7. The van der Waals surface area contributed by atoms with Crippen LogP contribution in [-0.2, 0) is 0 Å². The number of carboxylic acids is 1. The van der Waals surface area contributed by atoms with E-state index in [9.17, 15) is 4.79 Å². The molecule has 0 saturated heterocycles. The fourth-order valence-electron chi connectivity index (χ4n) is 1.44. The summed E-state index contributed by atoms with van der Waals surface area (Å²) >= 11 is 0. The fraction of sp³-hybridized carbons (Fsp3) is 0. The number of aromatic carboxylic acids is 1. The van der Waals surface area contributed by atoms with Gasteiger partial charge in [0.15, 0.2) is 11.4 Å². The zero-order valence-electron chi connectivity index (χ0n) is 9.01. The van der Waals surface area contributed by atoms with E-state index in [-0.39, 0.29) is 17.0 Å². The first-order valence-corrected chi connectivity index (χ1v) is 4.89. The monoisotopic (exact) mass is 238 g/mol. The molecule has 2 N–H and O–H groups in total. The molecule has 6 heteroatoms. The molecule has 0 radical (unpaired) electrons. The Labute approximate surface area is 102 Å². The van der Waals surface area contributed by atoms with E-state index < -0.39 is 5.97 Å². The Hall–Kier alpha value is -3.12. The van der Waals surface area contributed by atoms with Gasteiger partial charge in [0.1, 0.15) is 18.0 Å². The summed E-state index contributed by atoms with van der Waals surface area (Å²) in [5.74, 6) is -0.656. The maximum atomic E-state index is 10.7. The van der Waals surface area contributed by atoms with Gasteiger partial charge in [-0.25, -0.2) is 9.78 Å². The number of carboxylic acid groups (broad SMARTS) is 1. The lowest BCUT2D eigenvalue weighted by Gasteiger charge is -1.97. The Morgan fingerprint density at radius 3 is 2.33 bits per heavy atom. The Kier molecular flexibility index (Phi) is 2.78. The van der Waals surface area contributed by atoms with E-state index >= 15 is 0 Å². The molecule has 6 nitrogen and oxygen atoms in total. The highest BCUT2D eigenvalue weighted by atomic mass is 16.4. The largest absolute Gasteiger partial charge is 0.478 e. The molecule has 0 aliphatic heterocycles. The van der Waals surface area contributed by atoms with Crippen LogP contribution in [0.2, 0.25) is 0 Å². The van der Waals surface area contributed by atoms with Crippen LogP contribution in [0.15, 0.2) is 24.3 Å². The van der Waals surface area contributed by atoms with Crippen molar-refractivity contribution in [3.8, 4) is 23.5 Å². The molecule has 0 fully saturated rings. The number of nitrogens with one attached hydrogen (secondary N) is 1. The van der Waals surface area contributed by atoms with Gasteiger partial charge in [0.2, 0.25) is 0 Å². The molecule has 0 spiro atoms. The van der Waals surface area contributed by atoms with E-state index in [4.69, 9.17) is 15.6 Å². The highest BCUT2D eigenvalue weighted by Gasteiger charge is 2.11. The minimum atomic E-state index is -1.02. The van der Waals surface area contributed by atoms with Crippen LogP contribution in [-0.4, -0.2) is 21.0 Å². The third-order valence-electron chi connectivity index (χ3n) is 2.33. The molecule has 0 saturated carbocycles. The van der Waals surface area contributed by atoms with Crippen molar-refractivity contribution in [3.63, 3.8) is 0 Å². The number of aromatic amines is 1. The Bertz CT molecular complexity index is 655. The maximum Gasteiger partial charge on any atom is 0.335 e. The number of hydrogen-bond acceptors (Lipinski definition) is 4. The number of hydrogen-bond donors (Lipinski definition) is 2. The second kappa shape index (κ2) is 4.40. The molecule has 1 heterocycles. The van der Waals surface area contributed by atoms with Gasteiger partial charge in [-0.1, -0.05) is 12.1 Å². The van der Waals surface area contributed by atoms with E-state index in [1.54, 1.807) is 12.1 Å². The molecule has 0 bridgehead atoms. The Morgan fingerprint density at radius 1 is 1.22 bits per heavy atom. The second-order valence-corrected chi connectivity index (χ2v) is 3.42. The average Bonchev–Trinajstić information content (AvgIpc) is 2.82. The van der Waals surface area contributed by atoms with Crippen molar-refractivity contribution < 1.29 is 9.90 Å². The van der Waals surface area contributed by atoms with Crippen molar-refractivity contribution >= 4 is 5.97 Å². The molecule has 86 valence electrons. The second-order valence-electron chi connectivity index (χ2n) is 3.42. The first-order chi connectivity index (χ1) is 8.65. The lowest BCUT2D eigenvalue weighted by atomic mass is 10.1. The highest BCUT2D eigenvalue weighted by molar-refractivity contribution is 5.88. The van der Waals surface area contributed by atoms with E-state index in [0.717, 1.165) is 0 Å². The molecular formula is C12H6N4O2. The lowest BCUT2D eigenvalue weighted by Crippen LogP contribution is -1.95. The summed E-state index contributed by atoms with van der Waals surface area (Å²) in [6, 6.07) is 9.62. The highest BCUT2D eigenvalue weighted by Crippen LogP contribution is 2.18. The third kappa shape index (κ3) is 1.91. The van der Waals surface area contributed by atoms with Crippen molar-refractivity contribution in [3.05, 3.63) is 41.2 Å². The van der Waals surface area contributed by atoms with E-state index in [2.05, 4.69) is 9.97 Å². The van der Waals surface area contributed by atoms with Crippen LogP contribution >= 0.6 is 0 Å². The predicted octanol–water partition coefficient (Wildman–Crippen LogP) is 1.52. The van der Waals surface area contributed by atoms with Gasteiger partial charge in [0, 0.05) is 5.56 Å². The SMILES string of the molecule is N#Cc1nc(-c2ccc(C(=O)O)cc2)[nH]c1C#N. The molecule has 0 aliphatic carbocycles. The summed E-state index contributed by atoms with van der Waals surface area (Å²) in [6.45, 7) is 0. The van der Waals surface area contributed by atoms with Crippen molar-refractivity contribution in [2.75, 3.05) is 0 Å². The summed E-state index contributed by atoms with van der Waals surface area (Å²) in [6.07, 6.45) is 0. The van der Waals surface area contributed by atoms with Crippen LogP contribution in [0, 0.1) is 22.7 Å². The molecule has 0 atom stereocenters. The molecule has 0 amide bonds. The predicted molar refractivity (Wildman–Crippen MR) is 60.4 cm³/mol. The Morgan fingerprint density at radius 2 is 1.89 bits per heavy atom. The minimum Gasteiger partial charge on any atom is -0.478 e. The third-order valence-corrected chi connectivity index (χ3v) is 2.33. The van der Waals surface area contributed by atoms with E-state index in [1.807, 2.05) is 12.1 Å². The normalized spacial score (nSPS) is 9.44. The van der Waals surface area contributed by atoms with E-state index in [0.29, 0.717) is 11.4 Å². The number of aromatic nitrogens is 2. The number of rotatable bonds is 2. The minimum absolute atomic E-state index is 0.0230. The van der Waals surface area contributed by atoms with Crippen LogP contribution in [0.5, 0.6) is 0 Å². The van der Waals surface area contributed by atoms with Gasteiger partial charge in [-0.15, -0.1) is 0 Å². The number of benzene rings is 1. The van der Waals surface area contributed by atoms with E-state index in [1.165, 1.54) is 12.1 Å². The summed E-state index contributed by atoms with van der Waals surface area (Å²) in [4.78, 5) is 17.4. The zero-order valence-corrected chi connectivity index (χ0v) is 9.01. The smallest absolute Gasteiger partial charge is 0.335 e. The summed E-state index contributed by atoms with van der Waals surface area (Å²) in [7, 11) is 0. The molecule has 1 aromatic heterocycles. The van der Waals surface area contributed by atoms with Gasteiger partial charge in [-0.2, -0.15) is 10.5 Å². The van der Waals surface area contributed by atoms with Crippen molar-refractivity contribution in [2.45, 2.75) is 0 Å². The van der Waals surface area contributed by atoms with Crippen LogP contribution in [0.1, 0.15) is 21.7 Å². The number of nitrogens with zero attached hydrogens (tertiary/aromatic N) is 3. The topological polar surface area (TPSA) is 114 Å². The van der Waals surface area contributed by atoms with Crippen LogP contribution in [0.3, 0.4) is 0 Å². The summed E-state index contributed by atoms with van der Waals surface area (Å²) in [5.41, 5.74) is 0.883. The average molecular weight is 238 g/mol. The quantitative estimate of drug-likeness (QED) is 0.823. The van der Waals surface area contributed by atoms with Gasteiger partial charge in [0.05, 0.1) is 5.56 Å². The standard InChI is InChI=1S/C12H6N4O2/c13-5-9-10(6-14)16-11(15-9)7-1-3-8(4-2-7)12(17)18/h1-4H,(H,15,16)(H,17,18). The first kappa shape index (κ1) is 11.4. The molecule has 2 rings (SSSR count). The van der Waals surface area contributed by atoms with Crippen molar-refractivity contribution in [1.82, 2.24) is 9.97 Å². The molecule has 18 heavy (non-hydrogen) atoms. The molecular weight excluding hydrogens is 232 g/mol. The molecule has 0 aliphatic rings. The number of H-pyrrole nitrogens is 1. The first-order valence-electron chi connectivity index (χ1n) is 4.89. The molecule has 2 aromatic rings. The van der Waals surface area contributed by atoms with Gasteiger partial charge in [-0.05, 0) is 12.1 Å². The number of nitriles is 2.